The Bertz CT molecular complexity index is 1050. The molecule has 2 aliphatic heterocycles. The van der Waals surface area contributed by atoms with Crippen LogP contribution < -0.4 is 25.4 Å². The van der Waals surface area contributed by atoms with E-state index in [2.05, 4.69) is 5.32 Å². The summed E-state index contributed by atoms with van der Waals surface area (Å²) in [5, 5.41) is 2.71. The maximum Gasteiger partial charge on any atom is 0.325 e. The van der Waals surface area contributed by atoms with Crippen LogP contribution in [0.4, 0.5) is 10.5 Å². The van der Waals surface area contributed by atoms with E-state index in [1.54, 1.807) is 50.4 Å². The number of ether oxygens (including phenoxy) is 2. The monoisotopic (exact) mass is 460 g/mol. The number of carbonyl (C=O) groups is 3. The topological polar surface area (TPSA) is 114 Å². The van der Waals surface area contributed by atoms with Crippen molar-refractivity contribution in [1.82, 2.24) is 10.2 Å². The lowest BCUT2D eigenvalue weighted by Gasteiger charge is -2.31. The molecule has 0 bridgehead atoms. The molecule has 4 amide bonds. The highest BCUT2D eigenvalue weighted by Crippen LogP contribution is 2.34. The van der Waals surface area contributed by atoms with Gasteiger partial charge in [0.1, 0.15) is 30.2 Å². The highest BCUT2D eigenvalue weighted by molar-refractivity contribution is 6.10. The Hall–Kier alpha value is -3.30. The number of benzene rings is 2. The van der Waals surface area contributed by atoms with Gasteiger partial charge in [-0.3, -0.25) is 14.5 Å². The van der Waals surface area contributed by atoms with Gasteiger partial charge in [0.25, 0.3) is 5.91 Å². The maximum absolute atomic E-state index is 13.1. The molecule has 0 aliphatic carbocycles. The molecular weight excluding hydrogens is 436 g/mol. The first-order chi connectivity index (χ1) is 14.9. The van der Waals surface area contributed by atoms with Gasteiger partial charge in [-0.05, 0) is 42.3 Å². The van der Waals surface area contributed by atoms with Gasteiger partial charge in [-0.15, -0.1) is 12.4 Å². The number of hydrogen-bond acceptors (Lipinski definition) is 6. The Kier molecular flexibility index (Phi) is 6.61. The van der Waals surface area contributed by atoms with E-state index in [4.69, 9.17) is 15.2 Å². The third-order valence-electron chi connectivity index (χ3n) is 5.66. The van der Waals surface area contributed by atoms with Crippen LogP contribution in [-0.4, -0.2) is 49.6 Å². The summed E-state index contributed by atoms with van der Waals surface area (Å²) in [6.45, 7) is 2.26. The number of rotatable bonds is 5. The number of methoxy groups -OCH3 is 1. The predicted molar refractivity (Wildman–Crippen MR) is 120 cm³/mol. The van der Waals surface area contributed by atoms with Crippen molar-refractivity contribution in [2.75, 3.05) is 31.7 Å². The van der Waals surface area contributed by atoms with Crippen molar-refractivity contribution in [3.63, 3.8) is 0 Å². The summed E-state index contributed by atoms with van der Waals surface area (Å²) in [6.07, 6.45) is 0. The molecule has 10 heteroatoms. The number of hydrogen-bond donors (Lipinski definition) is 2. The summed E-state index contributed by atoms with van der Waals surface area (Å²) >= 11 is 0. The van der Waals surface area contributed by atoms with Crippen molar-refractivity contribution in [2.45, 2.75) is 19.0 Å². The smallest absolute Gasteiger partial charge is 0.325 e. The van der Waals surface area contributed by atoms with Gasteiger partial charge in [0.05, 0.1) is 19.3 Å². The van der Waals surface area contributed by atoms with Crippen LogP contribution in [0.25, 0.3) is 0 Å². The first-order valence-electron chi connectivity index (χ1n) is 9.92. The van der Waals surface area contributed by atoms with Gasteiger partial charge in [-0.25, -0.2) is 4.79 Å². The second-order valence-corrected chi connectivity index (χ2v) is 7.57. The number of nitrogens with one attached hydrogen (secondary N) is 1. The quantitative estimate of drug-likeness (QED) is 0.657. The van der Waals surface area contributed by atoms with Crippen molar-refractivity contribution < 1.29 is 23.9 Å². The highest BCUT2D eigenvalue weighted by atomic mass is 35.5. The van der Waals surface area contributed by atoms with E-state index in [9.17, 15) is 14.4 Å². The number of anilines is 1. The summed E-state index contributed by atoms with van der Waals surface area (Å²) in [5.41, 5.74) is 6.50. The minimum absolute atomic E-state index is 0. The molecule has 1 fully saturated rings. The zero-order valence-corrected chi connectivity index (χ0v) is 18.6. The lowest BCUT2D eigenvalue weighted by Crippen LogP contribution is -2.46. The third kappa shape index (κ3) is 3.96. The van der Waals surface area contributed by atoms with Gasteiger partial charge in [0.15, 0.2) is 0 Å². The van der Waals surface area contributed by atoms with Gasteiger partial charge in [-0.1, -0.05) is 18.2 Å². The maximum atomic E-state index is 13.1. The van der Waals surface area contributed by atoms with Gasteiger partial charge in [0.2, 0.25) is 5.91 Å². The molecule has 9 nitrogen and oxygen atoms in total. The second-order valence-electron chi connectivity index (χ2n) is 7.57. The fourth-order valence-corrected chi connectivity index (χ4v) is 3.83. The lowest BCUT2D eigenvalue weighted by molar-refractivity contribution is -0.134. The molecule has 2 aromatic rings. The van der Waals surface area contributed by atoms with Crippen molar-refractivity contribution >= 4 is 35.9 Å². The molecule has 0 radical (unpaired) electrons. The van der Waals surface area contributed by atoms with Crippen LogP contribution in [0.15, 0.2) is 42.5 Å². The molecule has 4 rings (SSSR count). The predicted octanol–water partition coefficient (Wildman–Crippen LogP) is 1.77. The molecule has 0 saturated carbocycles. The first kappa shape index (κ1) is 23.4. The summed E-state index contributed by atoms with van der Waals surface area (Å²) in [4.78, 5) is 41.3. The number of imide groups is 1. The Morgan fingerprint density at radius 1 is 1.22 bits per heavy atom. The van der Waals surface area contributed by atoms with Crippen molar-refractivity contribution in [1.29, 1.82) is 0 Å². The Labute approximate surface area is 191 Å². The van der Waals surface area contributed by atoms with Crippen LogP contribution >= 0.6 is 12.4 Å². The zero-order valence-electron chi connectivity index (χ0n) is 17.8. The molecule has 32 heavy (non-hydrogen) atoms. The largest absolute Gasteiger partial charge is 0.497 e. The molecular formula is C22H25ClN4O5. The van der Waals surface area contributed by atoms with Crippen LogP contribution in [0.5, 0.6) is 11.5 Å². The van der Waals surface area contributed by atoms with Gasteiger partial charge >= 0.3 is 6.03 Å². The highest BCUT2D eigenvalue weighted by Gasteiger charge is 2.49. The van der Waals surface area contributed by atoms with Gasteiger partial charge < -0.3 is 25.4 Å². The number of carbonyl (C=O) groups excluding carboxylic acids is 3. The molecule has 2 aromatic carbocycles. The Balaban J connectivity index is 0.00000289. The van der Waals surface area contributed by atoms with E-state index in [0.717, 1.165) is 10.5 Å². The number of urea groups is 1. The normalized spacial score (nSPS) is 19.6. The number of fused-ring (bicyclic) bond motifs is 1. The van der Waals surface area contributed by atoms with Crippen LogP contribution in [0.3, 0.4) is 0 Å². The summed E-state index contributed by atoms with van der Waals surface area (Å²) < 4.78 is 10.8. The van der Waals surface area contributed by atoms with E-state index < -0.39 is 17.5 Å². The van der Waals surface area contributed by atoms with Crippen LogP contribution in [0, 0.1) is 0 Å². The molecule has 3 N–H and O–H groups in total. The fourth-order valence-electron chi connectivity index (χ4n) is 3.83. The van der Waals surface area contributed by atoms with Crippen LogP contribution in [-0.2, 0) is 21.7 Å². The molecule has 2 heterocycles. The average Bonchev–Trinajstić information content (AvgIpc) is 3.02. The molecule has 170 valence electrons. The second kappa shape index (κ2) is 9.05. The average molecular weight is 461 g/mol. The summed E-state index contributed by atoms with van der Waals surface area (Å²) in [5.74, 6) is 0.346. The van der Waals surface area contributed by atoms with E-state index in [0.29, 0.717) is 42.4 Å². The first-order valence-corrected chi connectivity index (χ1v) is 9.92. The van der Waals surface area contributed by atoms with E-state index in [1.165, 1.54) is 4.90 Å². The minimum atomic E-state index is -1.26. The van der Waals surface area contributed by atoms with Gasteiger partial charge in [-0.2, -0.15) is 0 Å². The van der Waals surface area contributed by atoms with Crippen molar-refractivity contribution in [3.05, 3.63) is 53.6 Å². The Morgan fingerprint density at radius 3 is 2.59 bits per heavy atom. The van der Waals surface area contributed by atoms with E-state index in [-0.39, 0.29) is 24.9 Å². The van der Waals surface area contributed by atoms with Crippen molar-refractivity contribution in [2.24, 2.45) is 5.73 Å². The van der Waals surface area contributed by atoms with E-state index in [1.807, 2.05) is 6.07 Å². The number of nitrogens with two attached hydrogens (primary N) is 1. The summed E-state index contributed by atoms with van der Waals surface area (Å²) in [6, 6.07) is 11.6. The molecule has 0 spiro atoms. The lowest BCUT2D eigenvalue weighted by atomic mass is 9.92. The van der Waals surface area contributed by atoms with Gasteiger partial charge in [0, 0.05) is 6.54 Å². The molecule has 1 unspecified atom stereocenters. The minimum Gasteiger partial charge on any atom is -0.497 e. The SMILES string of the molecule is COc1ccc(C2(C)NC(=O)N(CC(=O)N3CCOc4cc(CN)ccc43)C2=O)cc1.Cl. The summed E-state index contributed by atoms with van der Waals surface area (Å²) in [7, 11) is 1.55. The zero-order chi connectivity index (χ0) is 22.2. The third-order valence-corrected chi connectivity index (χ3v) is 5.66. The number of halogens is 1. The molecule has 0 aromatic heterocycles. The van der Waals surface area contributed by atoms with E-state index >= 15 is 0 Å². The van der Waals surface area contributed by atoms with Crippen LogP contribution in [0.1, 0.15) is 18.1 Å². The number of amides is 4. The van der Waals surface area contributed by atoms with Crippen molar-refractivity contribution in [3.8, 4) is 11.5 Å². The molecule has 2 aliphatic rings. The standard InChI is InChI=1S/C22H24N4O5.ClH/c1-22(15-4-6-16(30-2)7-5-15)20(28)26(21(29)24-22)13-19(27)25-9-10-31-18-11-14(12-23)3-8-17(18)25;/h3-8,11H,9-10,12-13,23H2,1-2H3,(H,24,29);1H. The molecule has 1 saturated heterocycles. The molecule has 1 atom stereocenters. The van der Waals surface area contributed by atoms with Crippen LogP contribution in [0.2, 0.25) is 0 Å². The number of nitrogens with zero attached hydrogens (tertiary/aromatic N) is 2. The Morgan fingerprint density at radius 2 is 1.94 bits per heavy atom. The fraction of sp³-hybridized carbons (Fsp3) is 0.318.